The van der Waals surface area contributed by atoms with Gasteiger partial charge in [-0.15, -0.1) is 0 Å². The van der Waals surface area contributed by atoms with E-state index in [2.05, 4.69) is 10.0 Å². The van der Waals surface area contributed by atoms with Gasteiger partial charge in [0.2, 0.25) is 15.9 Å². The molecule has 0 saturated heterocycles. The Bertz CT molecular complexity index is 524. The number of nitrogens with one attached hydrogen (secondary N) is 2. The number of amides is 1. The number of benzene rings is 1. The first kappa shape index (κ1) is 14.7. The third-order valence-corrected chi connectivity index (χ3v) is 4.13. The maximum Gasteiger partial charge on any atom is 0.221 e. The van der Waals surface area contributed by atoms with Crippen molar-refractivity contribution in [3.05, 3.63) is 29.8 Å². The van der Waals surface area contributed by atoms with Crippen LogP contribution < -0.4 is 10.0 Å². The van der Waals surface area contributed by atoms with Gasteiger partial charge in [0.15, 0.2) is 0 Å². The largest absolute Gasteiger partial charge is 0.326 e. The number of anilines is 1. The summed E-state index contributed by atoms with van der Waals surface area (Å²) < 4.78 is 25.7. The summed E-state index contributed by atoms with van der Waals surface area (Å²) in [5.41, 5.74) is 1.45. The molecule has 0 heterocycles. The third-order valence-electron chi connectivity index (χ3n) is 2.35. The van der Waals surface area contributed by atoms with E-state index in [9.17, 15) is 13.2 Å². The summed E-state index contributed by atoms with van der Waals surface area (Å²) in [5, 5.41) is 2.19. The van der Waals surface area contributed by atoms with Crippen LogP contribution in [0.1, 0.15) is 26.3 Å². The minimum absolute atomic E-state index is 0.157. The van der Waals surface area contributed by atoms with Crippen molar-refractivity contribution in [2.45, 2.75) is 32.6 Å². The van der Waals surface area contributed by atoms with Gasteiger partial charge in [-0.05, 0) is 31.5 Å². The maximum absolute atomic E-state index is 11.6. The second kappa shape index (κ2) is 5.97. The van der Waals surface area contributed by atoms with Gasteiger partial charge in [0, 0.05) is 19.2 Å². The Morgan fingerprint density at radius 3 is 2.56 bits per heavy atom. The fraction of sp³-hybridized carbons (Fsp3) is 0.417. The van der Waals surface area contributed by atoms with Gasteiger partial charge in [-0.25, -0.2) is 13.1 Å². The zero-order chi connectivity index (χ0) is 13.8. The molecule has 1 amide bonds. The molecule has 0 aliphatic heterocycles. The molecule has 0 saturated carbocycles. The smallest absolute Gasteiger partial charge is 0.221 e. The minimum atomic E-state index is -3.27. The molecular weight excluding hydrogens is 252 g/mol. The molecule has 0 atom stereocenters. The lowest BCUT2D eigenvalue weighted by Gasteiger charge is -2.10. The summed E-state index contributed by atoms with van der Waals surface area (Å²) >= 11 is 0. The van der Waals surface area contributed by atoms with Gasteiger partial charge in [-0.3, -0.25) is 4.79 Å². The van der Waals surface area contributed by atoms with Crippen molar-refractivity contribution in [2.75, 3.05) is 5.32 Å². The molecule has 6 heteroatoms. The van der Waals surface area contributed by atoms with E-state index in [0.29, 0.717) is 5.69 Å². The molecule has 1 rings (SSSR count). The Morgan fingerprint density at radius 1 is 1.33 bits per heavy atom. The van der Waals surface area contributed by atoms with Crippen molar-refractivity contribution < 1.29 is 13.2 Å². The Kier molecular flexibility index (Phi) is 4.86. The summed E-state index contributed by atoms with van der Waals surface area (Å²) in [6, 6.07) is 7.06. The van der Waals surface area contributed by atoms with Gasteiger partial charge in [0.25, 0.3) is 0 Å². The van der Waals surface area contributed by atoms with Crippen LogP contribution in [0.5, 0.6) is 0 Å². The molecule has 0 radical (unpaired) electrons. The molecule has 0 bridgehead atoms. The van der Waals surface area contributed by atoms with E-state index in [1.807, 2.05) is 0 Å². The topological polar surface area (TPSA) is 75.3 Å². The molecule has 18 heavy (non-hydrogen) atoms. The van der Waals surface area contributed by atoms with Crippen LogP contribution in [0.2, 0.25) is 0 Å². The molecule has 0 aromatic heterocycles. The first-order chi connectivity index (χ1) is 8.31. The van der Waals surface area contributed by atoms with E-state index in [0.717, 1.165) is 5.56 Å². The van der Waals surface area contributed by atoms with Gasteiger partial charge >= 0.3 is 0 Å². The Morgan fingerprint density at radius 2 is 2.00 bits per heavy atom. The molecule has 0 aliphatic carbocycles. The number of hydrogen-bond donors (Lipinski definition) is 2. The molecule has 2 N–H and O–H groups in total. The first-order valence-electron chi connectivity index (χ1n) is 5.66. The van der Waals surface area contributed by atoms with Crippen LogP contribution in [0.4, 0.5) is 5.69 Å². The molecular formula is C12H18N2O3S. The third kappa shape index (κ3) is 4.46. The number of sulfonamides is 1. The average Bonchev–Trinajstić information content (AvgIpc) is 2.26. The first-order valence-corrected chi connectivity index (χ1v) is 7.21. The highest BCUT2D eigenvalue weighted by Crippen LogP contribution is 2.11. The van der Waals surface area contributed by atoms with Crippen LogP contribution in [0.3, 0.4) is 0 Å². The molecule has 1 aromatic carbocycles. The quantitative estimate of drug-likeness (QED) is 0.850. The van der Waals surface area contributed by atoms with Gasteiger partial charge < -0.3 is 5.32 Å². The maximum atomic E-state index is 11.6. The molecule has 0 aliphatic rings. The summed E-state index contributed by atoms with van der Waals surface area (Å²) in [5.74, 6) is -0.157. The summed E-state index contributed by atoms with van der Waals surface area (Å²) in [4.78, 5) is 10.9. The summed E-state index contributed by atoms with van der Waals surface area (Å²) in [6.45, 7) is 4.88. The fourth-order valence-electron chi connectivity index (χ4n) is 1.31. The number of carbonyl (C=O) groups excluding carboxylic acids is 1. The highest BCUT2D eigenvalue weighted by Gasteiger charge is 2.14. The Labute approximate surface area is 108 Å². The standard InChI is InChI=1S/C12H18N2O3S/c1-9(2)18(16,17)13-8-11-5-4-6-12(7-11)14-10(3)15/h4-7,9,13H,8H2,1-3H3,(H,14,15). The van der Waals surface area contributed by atoms with Crippen LogP contribution in [0, 0.1) is 0 Å². The van der Waals surface area contributed by atoms with Crippen LogP contribution >= 0.6 is 0 Å². The lowest BCUT2D eigenvalue weighted by molar-refractivity contribution is -0.114. The highest BCUT2D eigenvalue weighted by molar-refractivity contribution is 7.90. The molecule has 0 unspecified atom stereocenters. The van der Waals surface area contributed by atoms with Crippen molar-refractivity contribution >= 4 is 21.6 Å². The van der Waals surface area contributed by atoms with Crippen molar-refractivity contribution in [3.63, 3.8) is 0 Å². The van der Waals surface area contributed by atoms with Gasteiger partial charge in [-0.2, -0.15) is 0 Å². The minimum Gasteiger partial charge on any atom is -0.326 e. The van der Waals surface area contributed by atoms with E-state index < -0.39 is 15.3 Å². The predicted octanol–water partition coefficient (Wildman–Crippen LogP) is 1.47. The van der Waals surface area contributed by atoms with Crippen molar-refractivity contribution in [2.24, 2.45) is 0 Å². The highest BCUT2D eigenvalue weighted by atomic mass is 32.2. The fourth-order valence-corrected chi connectivity index (χ4v) is 2.01. The van der Waals surface area contributed by atoms with Gasteiger partial charge in [0.05, 0.1) is 5.25 Å². The van der Waals surface area contributed by atoms with E-state index in [1.165, 1.54) is 6.92 Å². The normalized spacial score (nSPS) is 11.6. The van der Waals surface area contributed by atoms with Crippen LogP contribution in [0.15, 0.2) is 24.3 Å². The zero-order valence-corrected chi connectivity index (χ0v) is 11.5. The van der Waals surface area contributed by atoms with Crippen LogP contribution in [-0.4, -0.2) is 19.6 Å². The predicted molar refractivity (Wildman–Crippen MR) is 71.6 cm³/mol. The molecule has 5 nitrogen and oxygen atoms in total. The van der Waals surface area contributed by atoms with Crippen LogP contribution in [-0.2, 0) is 21.4 Å². The molecule has 0 spiro atoms. The summed E-state index contributed by atoms with van der Waals surface area (Å²) in [6.07, 6.45) is 0. The van der Waals surface area contributed by atoms with E-state index >= 15 is 0 Å². The molecule has 1 aromatic rings. The monoisotopic (exact) mass is 270 g/mol. The van der Waals surface area contributed by atoms with E-state index in [-0.39, 0.29) is 12.5 Å². The average molecular weight is 270 g/mol. The molecule has 100 valence electrons. The van der Waals surface area contributed by atoms with Crippen LogP contribution in [0.25, 0.3) is 0 Å². The van der Waals surface area contributed by atoms with Crippen molar-refractivity contribution in [3.8, 4) is 0 Å². The number of rotatable bonds is 5. The Balaban J connectivity index is 2.71. The van der Waals surface area contributed by atoms with E-state index in [1.54, 1.807) is 38.1 Å². The van der Waals surface area contributed by atoms with Gasteiger partial charge in [0.1, 0.15) is 0 Å². The lowest BCUT2D eigenvalue weighted by Crippen LogP contribution is -2.30. The SMILES string of the molecule is CC(=O)Nc1cccc(CNS(=O)(=O)C(C)C)c1. The number of carbonyl (C=O) groups is 1. The van der Waals surface area contributed by atoms with Crippen molar-refractivity contribution in [1.82, 2.24) is 4.72 Å². The second-order valence-electron chi connectivity index (χ2n) is 4.30. The zero-order valence-electron chi connectivity index (χ0n) is 10.7. The second-order valence-corrected chi connectivity index (χ2v) is 6.62. The van der Waals surface area contributed by atoms with E-state index in [4.69, 9.17) is 0 Å². The summed E-state index contributed by atoms with van der Waals surface area (Å²) in [7, 11) is -3.27. The van der Waals surface area contributed by atoms with Gasteiger partial charge in [-0.1, -0.05) is 12.1 Å². The Hall–Kier alpha value is -1.40. The number of hydrogen-bond acceptors (Lipinski definition) is 3. The lowest BCUT2D eigenvalue weighted by atomic mass is 10.2. The van der Waals surface area contributed by atoms with Crippen molar-refractivity contribution in [1.29, 1.82) is 0 Å². The molecule has 0 fully saturated rings.